The summed E-state index contributed by atoms with van der Waals surface area (Å²) < 4.78 is 0. The lowest BCUT2D eigenvalue weighted by molar-refractivity contribution is -0.383. The van der Waals surface area contributed by atoms with Crippen molar-refractivity contribution in [1.82, 2.24) is 10.3 Å². The molecule has 126 valence electrons. The number of carbonyl (C=O) groups excluding carboxylic acids is 2. The number of fused-ring (bicyclic) bond motifs is 1. The number of rotatable bonds is 4. The number of Topliss-reactive ketones (excluding diaryl/α,β-unsaturated/α-hetero) is 1. The number of nitrogens with zero attached hydrogens (tertiary/aromatic N) is 1. The molecule has 0 spiro atoms. The number of nitrogens with one attached hydrogen (secondary N) is 2. The topological polar surface area (TPSA) is 105 Å². The molecule has 0 atom stereocenters. The maximum absolute atomic E-state index is 12.5. The molecular formula is C17H19N3O4. The molecule has 0 radical (unpaired) electrons. The predicted octanol–water partition coefficient (Wildman–Crippen LogP) is 3.26. The summed E-state index contributed by atoms with van der Waals surface area (Å²) in [6.45, 7) is 3.10. The lowest BCUT2D eigenvalue weighted by atomic mass is 10.0. The van der Waals surface area contributed by atoms with E-state index in [-0.39, 0.29) is 34.5 Å². The standard InChI is InChI=1S/C17H19N3O4/c1-9-15(10(2)21)13-7-11(8-14(20(23)24)16(13)18-9)17(22)19-12-5-3-4-6-12/h7-8,12,18H,3-6H2,1-2H3,(H,19,22). The van der Waals surface area contributed by atoms with Crippen LogP contribution in [0.25, 0.3) is 10.9 Å². The van der Waals surface area contributed by atoms with Crippen molar-refractivity contribution in [3.8, 4) is 0 Å². The second kappa shape index (κ2) is 6.07. The molecule has 0 bridgehead atoms. The number of hydrogen-bond acceptors (Lipinski definition) is 4. The number of carbonyl (C=O) groups is 2. The first-order valence-electron chi connectivity index (χ1n) is 8.01. The van der Waals surface area contributed by atoms with Gasteiger partial charge in [0.05, 0.1) is 4.92 Å². The van der Waals surface area contributed by atoms with Gasteiger partial charge in [-0.3, -0.25) is 19.7 Å². The smallest absolute Gasteiger partial charge is 0.294 e. The van der Waals surface area contributed by atoms with Crippen LogP contribution in [0.4, 0.5) is 5.69 Å². The van der Waals surface area contributed by atoms with Crippen LogP contribution in [0, 0.1) is 17.0 Å². The van der Waals surface area contributed by atoms with E-state index >= 15 is 0 Å². The summed E-state index contributed by atoms with van der Waals surface area (Å²) in [5, 5.41) is 14.7. The molecule has 1 saturated carbocycles. The maximum atomic E-state index is 12.5. The molecule has 3 rings (SSSR count). The number of ketones is 1. The second-order valence-electron chi connectivity index (χ2n) is 6.31. The number of nitro groups is 1. The van der Waals surface area contributed by atoms with Crippen molar-refractivity contribution < 1.29 is 14.5 Å². The molecule has 7 nitrogen and oxygen atoms in total. The van der Waals surface area contributed by atoms with Crippen molar-refractivity contribution >= 4 is 28.3 Å². The highest BCUT2D eigenvalue weighted by atomic mass is 16.6. The zero-order valence-electron chi connectivity index (χ0n) is 13.6. The fourth-order valence-corrected chi connectivity index (χ4v) is 3.47. The fourth-order valence-electron chi connectivity index (χ4n) is 3.47. The van der Waals surface area contributed by atoms with Crippen LogP contribution in [-0.4, -0.2) is 27.6 Å². The van der Waals surface area contributed by atoms with Crippen LogP contribution in [0.3, 0.4) is 0 Å². The van der Waals surface area contributed by atoms with Gasteiger partial charge in [-0.1, -0.05) is 12.8 Å². The number of aromatic amines is 1. The van der Waals surface area contributed by atoms with Crippen LogP contribution < -0.4 is 5.32 Å². The molecule has 1 aliphatic rings. The highest BCUT2D eigenvalue weighted by Crippen LogP contribution is 2.32. The van der Waals surface area contributed by atoms with Crippen molar-refractivity contribution in [2.45, 2.75) is 45.6 Å². The molecule has 0 aliphatic heterocycles. The number of H-pyrrole nitrogens is 1. The second-order valence-corrected chi connectivity index (χ2v) is 6.31. The van der Waals surface area contributed by atoms with E-state index in [9.17, 15) is 19.7 Å². The molecule has 2 N–H and O–H groups in total. The highest BCUT2D eigenvalue weighted by Gasteiger charge is 2.25. The molecule has 2 aromatic rings. The van der Waals surface area contributed by atoms with Gasteiger partial charge in [0.2, 0.25) is 0 Å². The van der Waals surface area contributed by atoms with E-state index in [2.05, 4.69) is 10.3 Å². The summed E-state index contributed by atoms with van der Waals surface area (Å²) in [5.74, 6) is -0.526. The Balaban J connectivity index is 2.11. The SMILES string of the molecule is CC(=O)c1c(C)[nH]c2c([N+](=O)[O-])cc(C(=O)NC3CCCC3)cc12. The molecule has 1 heterocycles. The van der Waals surface area contributed by atoms with Crippen LogP contribution in [0.2, 0.25) is 0 Å². The minimum Gasteiger partial charge on any atom is -0.352 e. The van der Waals surface area contributed by atoms with Gasteiger partial charge < -0.3 is 10.3 Å². The maximum Gasteiger partial charge on any atom is 0.294 e. The van der Waals surface area contributed by atoms with Gasteiger partial charge in [0, 0.05) is 34.3 Å². The largest absolute Gasteiger partial charge is 0.352 e. The van der Waals surface area contributed by atoms with Gasteiger partial charge >= 0.3 is 0 Å². The van der Waals surface area contributed by atoms with E-state index in [1.54, 1.807) is 13.0 Å². The van der Waals surface area contributed by atoms with Gasteiger partial charge in [0.1, 0.15) is 5.52 Å². The summed E-state index contributed by atoms with van der Waals surface area (Å²) in [5.41, 5.74) is 1.25. The Hall–Kier alpha value is -2.70. The van der Waals surface area contributed by atoms with Crippen LogP contribution in [0.5, 0.6) is 0 Å². The third-order valence-electron chi connectivity index (χ3n) is 4.58. The van der Waals surface area contributed by atoms with Gasteiger partial charge in [0.25, 0.3) is 11.6 Å². The number of benzene rings is 1. The lowest BCUT2D eigenvalue weighted by Gasteiger charge is -2.12. The van der Waals surface area contributed by atoms with Crippen LogP contribution in [0.1, 0.15) is 59.0 Å². The Kier molecular flexibility index (Phi) is 4.09. The Morgan fingerprint density at radius 1 is 1.29 bits per heavy atom. The van der Waals surface area contributed by atoms with Crippen molar-refractivity contribution in [3.63, 3.8) is 0 Å². The highest BCUT2D eigenvalue weighted by molar-refractivity contribution is 6.12. The monoisotopic (exact) mass is 329 g/mol. The molecule has 1 aliphatic carbocycles. The number of non-ortho nitro benzene ring substituents is 1. The zero-order valence-corrected chi connectivity index (χ0v) is 13.6. The Labute approximate surface area is 138 Å². The van der Waals surface area contributed by atoms with E-state index in [4.69, 9.17) is 0 Å². The molecule has 1 fully saturated rings. The molecule has 1 amide bonds. The summed E-state index contributed by atoms with van der Waals surface area (Å²) in [6, 6.07) is 2.95. The third kappa shape index (κ3) is 2.77. The normalized spacial score (nSPS) is 14.9. The molecule has 7 heteroatoms. The van der Waals surface area contributed by atoms with Crippen molar-refractivity contribution in [2.75, 3.05) is 0 Å². The Bertz CT molecular complexity index is 847. The first-order valence-corrected chi connectivity index (χ1v) is 8.01. The third-order valence-corrected chi connectivity index (χ3v) is 4.58. The van der Waals surface area contributed by atoms with Gasteiger partial charge in [-0.2, -0.15) is 0 Å². The van der Waals surface area contributed by atoms with Gasteiger partial charge in [-0.15, -0.1) is 0 Å². The molecule has 0 saturated heterocycles. The van der Waals surface area contributed by atoms with E-state index < -0.39 is 4.92 Å². The minimum atomic E-state index is -0.533. The molecule has 0 unspecified atom stereocenters. The van der Waals surface area contributed by atoms with Crippen molar-refractivity contribution in [1.29, 1.82) is 0 Å². The van der Waals surface area contributed by atoms with Gasteiger partial charge in [-0.25, -0.2) is 0 Å². The predicted molar refractivity (Wildman–Crippen MR) is 89.4 cm³/mol. The van der Waals surface area contributed by atoms with E-state index in [0.29, 0.717) is 16.6 Å². The number of amides is 1. The zero-order chi connectivity index (χ0) is 17.4. The summed E-state index contributed by atoms with van der Waals surface area (Å²) in [6.07, 6.45) is 4.02. The quantitative estimate of drug-likeness (QED) is 0.510. The average molecular weight is 329 g/mol. The molecule has 24 heavy (non-hydrogen) atoms. The first-order chi connectivity index (χ1) is 11.4. The number of aromatic nitrogens is 1. The fraction of sp³-hybridized carbons (Fsp3) is 0.412. The molecule has 1 aromatic carbocycles. The van der Waals surface area contributed by atoms with Gasteiger partial charge in [0.15, 0.2) is 5.78 Å². The molecular weight excluding hydrogens is 310 g/mol. The summed E-state index contributed by atoms with van der Waals surface area (Å²) >= 11 is 0. The Morgan fingerprint density at radius 2 is 1.96 bits per heavy atom. The number of aryl methyl sites for hydroxylation is 1. The Morgan fingerprint density at radius 3 is 2.54 bits per heavy atom. The van der Waals surface area contributed by atoms with Crippen LogP contribution in [0.15, 0.2) is 12.1 Å². The van der Waals surface area contributed by atoms with E-state index in [1.807, 2.05) is 0 Å². The molecule has 1 aromatic heterocycles. The summed E-state index contributed by atoms with van der Waals surface area (Å²) in [7, 11) is 0. The van der Waals surface area contributed by atoms with Crippen molar-refractivity contribution in [2.24, 2.45) is 0 Å². The van der Waals surface area contributed by atoms with E-state index in [1.165, 1.54) is 13.0 Å². The summed E-state index contributed by atoms with van der Waals surface area (Å²) in [4.78, 5) is 38.1. The minimum absolute atomic E-state index is 0.118. The van der Waals surface area contributed by atoms with Crippen LogP contribution >= 0.6 is 0 Å². The number of hydrogen-bond donors (Lipinski definition) is 2. The van der Waals surface area contributed by atoms with Crippen molar-refractivity contribution in [3.05, 3.63) is 39.1 Å². The van der Waals surface area contributed by atoms with Gasteiger partial charge in [-0.05, 0) is 32.8 Å². The van der Waals surface area contributed by atoms with E-state index in [0.717, 1.165) is 25.7 Å². The average Bonchev–Trinajstić information content (AvgIpc) is 3.11. The number of nitro benzene ring substituents is 1. The van der Waals surface area contributed by atoms with Crippen LogP contribution in [-0.2, 0) is 0 Å². The lowest BCUT2D eigenvalue weighted by Crippen LogP contribution is -2.32. The first kappa shape index (κ1) is 16.2.